The Hall–Kier alpha value is -2.21. The summed E-state index contributed by atoms with van der Waals surface area (Å²) in [6.45, 7) is 4.34. The number of nitrogens with one attached hydrogen (secondary N) is 2. The lowest BCUT2D eigenvalue weighted by atomic mass is 9.86. The molecule has 7 heteroatoms. The molecule has 2 aromatic rings. The highest BCUT2D eigenvalue weighted by Gasteiger charge is 2.23. The third-order valence-electron chi connectivity index (χ3n) is 5.10. The molecule has 0 atom stereocenters. The fraction of sp³-hybridized carbons (Fsp3) is 0.450. The summed E-state index contributed by atoms with van der Waals surface area (Å²) in [4.78, 5) is 20.7. The van der Waals surface area contributed by atoms with E-state index in [9.17, 15) is 9.18 Å². The van der Waals surface area contributed by atoms with Gasteiger partial charge < -0.3 is 10.6 Å². The molecule has 0 saturated heterocycles. The molecule has 2 heterocycles. The zero-order valence-corrected chi connectivity index (χ0v) is 16.3. The number of anilines is 1. The molecule has 1 aliphatic rings. The predicted molar refractivity (Wildman–Crippen MR) is 105 cm³/mol. The molecule has 144 valence electrons. The second-order valence-electron chi connectivity index (χ2n) is 7.18. The fourth-order valence-corrected chi connectivity index (χ4v) is 3.55. The Morgan fingerprint density at radius 1 is 1.19 bits per heavy atom. The molecule has 2 aromatic heterocycles. The van der Waals surface area contributed by atoms with Crippen LogP contribution in [0.1, 0.15) is 47.3 Å². The molecule has 1 saturated carbocycles. The Balaban J connectivity index is 1.46. The average Bonchev–Trinajstić information content (AvgIpc) is 2.65. The van der Waals surface area contributed by atoms with Gasteiger partial charge in [-0.2, -0.15) is 0 Å². The number of amides is 1. The largest absolute Gasteiger partial charge is 0.370 e. The number of nitrogens with zero attached hydrogens (tertiary/aromatic N) is 2. The van der Waals surface area contributed by atoms with Crippen molar-refractivity contribution in [3.05, 3.63) is 52.2 Å². The van der Waals surface area contributed by atoms with Crippen LogP contribution in [0.4, 0.5) is 10.2 Å². The lowest BCUT2D eigenvalue weighted by Gasteiger charge is -2.29. The quantitative estimate of drug-likeness (QED) is 0.799. The minimum Gasteiger partial charge on any atom is -0.370 e. The normalized spacial score (nSPS) is 19.6. The van der Waals surface area contributed by atoms with Gasteiger partial charge in [0.05, 0.1) is 22.5 Å². The van der Waals surface area contributed by atoms with Crippen LogP contribution in [0.15, 0.2) is 24.5 Å². The van der Waals surface area contributed by atoms with E-state index in [1.54, 1.807) is 32.2 Å². The molecule has 3 rings (SSSR count). The summed E-state index contributed by atoms with van der Waals surface area (Å²) in [5.41, 5.74) is 1.80. The maximum absolute atomic E-state index is 13.3. The number of aromatic nitrogens is 2. The van der Waals surface area contributed by atoms with Crippen LogP contribution in [0, 0.1) is 25.6 Å². The lowest BCUT2D eigenvalue weighted by molar-refractivity contribution is 0.0921. The minimum atomic E-state index is -0.290. The summed E-state index contributed by atoms with van der Waals surface area (Å²) in [6, 6.07) is 3.55. The van der Waals surface area contributed by atoms with Gasteiger partial charge in [-0.1, -0.05) is 11.6 Å². The van der Waals surface area contributed by atoms with Gasteiger partial charge in [0.1, 0.15) is 11.6 Å². The van der Waals surface area contributed by atoms with E-state index < -0.39 is 0 Å². The number of halogens is 2. The van der Waals surface area contributed by atoms with Gasteiger partial charge in [-0.05, 0) is 63.1 Å². The van der Waals surface area contributed by atoms with Gasteiger partial charge in [0.25, 0.3) is 5.91 Å². The zero-order chi connectivity index (χ0) is 19.4. The van der Waals surface area contributed by atoms with Gasteiger partial charge in [-0.3, -0.25) is 9.78 Å². The fourth-order valence-electron chi connectivity index (χ4n) is 3.40. The van der Waals surface area contributed by atoms with Gasteiger partial charge in [-0.25, -0.2) is 9.37 Å². The van der Waals surface area contributed by atoms with Crippen LogP contribution < -0.4 is 10.6 Å². The number of aryl methyl sites for hydroxylation is 2. The van der Waals surface area contributed by atoms with Crippen LogP contribution in [-0.2, 0) is 0 Å². The molecular weight excluding hydrogens is 367 g/mol. The molecule has 27 heavy (non-hydrogen) atoms. The molecule has 1 amide bonds. The molecule has 0 radical (unpaired) electrons. The number of carbonyl (C=O) groups is 1. The zero-order valence-electron chi connectivity index (χ0n) is 15.6. The minimum absolute atomic E-state index is 0.116. The van der Waals surface area contributed by atoms with Crippen LogP contribution in [0.2, 0.25) is 5.02 Å². The monoisotopic (exact) mass is 390 g/mol. The highest BCUT2D eigenvalue weighted by Crippen LogP contribution is 2.25. The van der Waals surface area contributed by atoms with Crippen molar-refractivity contribution in [3.8, 4) is 0 Å². The molecule has 1 fully saturated rings. The standard InChI is InChI=1S/C20H24ClFN4O/c1-12-7-19(25-11-18(12)22)24-9-14-3-5-16(6-4-14)26-20(27)17-8-15(21)10-23-13(17)2/h7-8,10-11,14,16H,3-6,9H2,1-2H3,(H,24,25)(H,26,27). The van der Waals surface area contributed by atoms with E-state index in [0.29, 0.717) is 33.6 Å². The molecular formula is C20H24ClFN4O. The van der Waals surface area contributed by atoms with Crippen LogP contribution in [-0.4, -0.2) is 28.5 Å². The smallest absolute Gasteiger partial charge is 0.253 e. The van der Waals surface area contributed by atoms with E-state index in [1.807, 2.05) is 0 Å². The van der Waals surface area contributed by atoms with Gasteiger partial charge in [0.2, 0.25) is 0 Å². The van der Waals surface area contributed by atoms with Crippen LogP contribution in [0.5, 0.6) is 0 Å². The molecule has 0 aliphatic heterocycles. The van der Waals surface area contributed by atoms with Crippen molar-refractivity contribution in [1.82, 2.24) is 15.3 Å². The van der Waals surface area contributed by atoms with Crippen molar-refractivity contribution >= 4 is 23.3 Å². The molecule has 0 aromatic carbocycles. The first-order valence-electron chi connectivity index (χ1n) is 9.21. The number of hydrogen-bond donors (Lipinski definition) is 2. The van der Waals surface area contributed by atoms with E-state index in [4.69, 9.17) is 11.6 Å². The van der Waals surface area contributed by atoms with Crippen molar-refractivity contribution in [2.45, 2.75) is 45.6 Å². The van der Waals surface area contributed by atoms with Crippen LogP contribution in [0.25, 0.3) is 0 Å². The van der Waals surface area contributed by atoms with E-state index >= 15 is 0 Å². The molecule has 0 unspecified atom stereocenters. The van der Waals surface area contributed by atoms with E-state index in [1.165, 1.54) is 6.20 Å². The van der Waals surface area contributed by atoms with Gasteiger partial charge in [0.15, 0.2) is 0 Å². The highest BCUT2D eigenvalue weighted by molar-refractivity contribution is 6.30. The summed E-state index contributed by atoms with van der Waals surface area (Å²) in [7, 11) is 0. The van der Waals surface area contributed by atoms with E-state index in [-0.39, 0.29) is 17.8 Å². The molecule has 1 aliphatic carbocycles. The van der Waals surface area contributed by atoms with Gasteiger partial charge >= 0.3 is 0 Å². The first-order chi connectivity index (χ1) is 12.9. The highest BCUT2D eigenvalue weighted by atomic mass is 35.5. The van der Waals surface area contributed by atoms with Gasteiger partial charge in [-0.15, -0.1) is 0 Å². The van der Waals surface area contributed by atoms with Crippen LogP contribution in [0.3, 0.4) is 0 Å². The molecule has 2 N–H and O–H groups in total. The Labute approximate surface area is 163 Å². The maximum atomic E-state index is 13.3. The summed E-state index contributed by atoms with van der Waals surface area (Å²) in [6.07, 6.45) is 6.69. The Bertz CT molecular complexity index is 822. The number of rotatable bonds is 5. The Morgan fingerprint density at radius 3 is 2.63 bits per heavy atom. The van der Waals surface area contributed by atoms with E-state index in [2.05, 4.69) is 20.6 Å². The lowest BCUT2D eigenvalue weighted by Crippen LogP contribution is -2.38. The summed E-state index contributed by atoms with van der Waals surface area (Å²) < 4.78 is 13.3. The van der Waals surface area contributed by atoms with Gasteiger partial charge in [0, 0.05) is 18.8 Å². The topological polar surface area (TPSA) is 66.9 Å². The maximum Gasteiger partial charge on any atom is 0.253 e. The Morgan fingerprint density at radius 2 is 1.93 bits per heavy atom. The summed E-state index contributed by atoms with van der Waals surface area (Å²) in [5, 5.41) is 6.85. The second kappa shape index (κ2) is 8.65. The average molecular weight is 391 g/mol. The van der Waals surface area contributed by atoms with Crippen molar-refractivity contribution < 1.29 is 9.18 Å². The third kappa shape index (κ3) is 5.16. The Kier molecular flexibility index (Phi) is 6.26. The predicted octanol–water partition coefficient (Wildman–Crippen LogP) is 4.29. The SMILES string of the molecule is Cc1cc(NCC2CCC(NC(=O)c3cc(Cl)cnc3C)CC2)ncc1F. The van der Waals surface area contributed by atoms with Crippen molar-refractivity contribution in [1.29, 1.82) is 0 Å². The van der Waals surface area contributed by atoms with Crippen molar-refractivity contribution in [3.63, 3.8) is 0 Å². The summed E-state index contributed by atoms with van der Waals surface area (Å²) >= 11 is 5.95. The first kappa shape index (κ1) is 19.5. The number of carbonyl (C=O) groups excluding carboxylic acids is 1. The third-order valence-corrected chi connectivity index (χ3v) is 5.31. The van der Waals surface area contributed by atoms with Crippen LogP contribution >= 0.6 is 11.6 Å². The first-order valence-corrected chi connectivity index (χ1v) is 9.59. The number of hydrogen-bond acceptors (Lipinski definition) is 4. The second-order valence-corrected chi connectivity index (χ2v) is 7.61. The van der Waals surface area contributed by atoms with E-state index in [0.717, 1.165) is 32.2 Å². The molecule has 5 nitrogen and oxygen atoms in total. The molecule has 0 bridgehead atoms. The molecule has 0 spiro atoms. The van der Waals surface area contributed by atoms with Crippen molar-refractivity contribution in [2.24, 2.45) is 5.92 Å². The number of pyridine rings is 2. The summed E-state index contributed by atoms with van der Waals surface area (Å²) in [5.74, 6) is 0.810. The van der Waals surface area contributed by atoms with Crippen molar-refractivity contribution in [2.75, 3.05) is 11.9 Å².